The van der Waals surface area contributed by atoms with Crippen LogP contribution in [0.1, 0.15) is 11.6 Å². The van der Waals surface area contributed by atoms with Crippen LogP contribution < -0.4 is 15.0 Å². The smallest absolute Gasteiger partial charge is 0.323 e. The quantitative estimate of drug-likeness (QED) is 0.481. The molecule has 32 heavy (non-hydrogen) atoms. The number of rotatable bonds is 5. The second kappa shape index (κ2) is 8.60. The predicted octanol–water partition coefficient (Wildman–Crippen LogP) is 4.65. The summed E-state index contributed by atoms with van der Waals surface area (Å²) in [5.74, 6) is 1.49. The molecule has 0 aliphatic carbocycles. The highest BCUT2D eigenvalue weighted by Gasteiger charge is 2.33. The summed E-state index contributed by atoms with van der Waals surface area (Å²) in [4.78, 5) is 31.5. The highest BCUT2D eigenvalue weighted by Crippen LogP contribution is 2.32. The van der Waals surface area contributed by atoms with Crippen molar-refractivity contribution in [3.8, 4) is 22.9 Å². The summed E-state index contributed by atoms with van der Waals surface area (Å²) in [6, 6.07) is 14.3. The van der Waals surface area contributed by atoms with E-state index in [0.717, 1.165) is 11.1 Å². The fourth-order valence-electron chi connectivity index (χ4n) is 3.50. The van der Waals surface area contributed by atoms with Crippen molar-refractivity contribution in [1.82, 2.24) is 25.3 Å². The Morgan fingerprint density at radius 1 is 1.00 bits per heavy atom. The number of halogens is 1. The molecule has 158 valence electrons. The largest absolute Gasteiger partial charge is 0.437 e. The van der Waals surface area contributed by atoms with Gasteiger partial charge in [-0.3, -0.25) is 14.9 Å². The molecule has 1 N–H and O–H groups in total. The normalized spacial score (nSPS) is 15.5. The van der Waals surface area contributed by atoms with Gasteiger partial charge in [-0.05, 0) is 29.8 Å². The Hall–Kier alpha value is -4.04. The highest BCUT2D eigenvalue weighted by atomic mass is 35.5. The van der Waals surface area contributed by atoms with Crippen LogP contribution in [0.15, 0.2) is 79.5 Å². The first-order valence-electron chi connectivity index (χ1n) is 9.86. The average molecular weight is 445 g/mol. The lowest BCUT2D eigenvalue weighted by Crippen LogP contribution is -2.29. The van der Waals surface area contributed by atoms with Crippen LogP contribution in [0.25, 0.3) is 11.3 Å². The Kier molecular flexibility index (Phi) is 5.35. The lowest BCUT2D eigenvalue weighted by molar-refractivity contribution is 0.250. The predicted molar refractivity (Wildman–Crippen MR) is 120 cm³/mol. The van der Waals surface area contributed by atoms with E-state index in [2.05, 4.69) is 25.3 Å². The summed E-state index contributed by atoms with van der Waals surface area (Å²) in [6.07, 6.45) is 7.86. The van der Waals surface area contributed by atoms with E-state index in [1.807, 2.05) is 36.4 Å². The molecule has 2 amide bonds. The fraction of sp³-hybridized carbons (Fsp3) is 0.0870. The Morgan fingerprint density at radius 2 is 1.81 bits per heavy atom. The Labute approximate surface area is 188 Å². The second-order valence-electron chi connectivity index (χ2n) is 7.07. The van der Waals surface area contributed by atoms with E-state index in [9.17, 15) is 4.79 Å². The van der Waals surface area contributed by atoms with Gasteiger partial charge in [0.05, 0.1) is 18.8 Å². The number of carbonyl (C=O) groups is 1. The molecule has 1 aliphatic heterocycles. The number of aromatic nitrogens is 4. The maximum Gasteiger partial charge on any atom is 0.323 e. The molecule has 5 rings (SSSR count). The van der Waals surface area contributed by atoms with Crippen LogP contribution in [0, 0.1) is 0 Å². The lowest BCUT2D eigenvalue weighted by Gasteiger charge is -2.17. The van der Waals surface area contributed by atoms with Gasteiger partial charge in [0.25, 0.3) is 0 Å². The van der Waals surface area contributed by atoms with Crippen LogP contribution in [-0.2, 0) is 0 Å². The molecular formula is C23H17ClN6O2. The van der Waals surface area contributed by atoms with Gasteiger partial charge in [0.1, 0.15) is 11.4 Å². The van der Waals surface area contributed by atoms with E-state index in [0.29, 0.717) is 34.7 Å². The van der Waals surface area contributed by atoms with Crippen LogP contribution >= 0.6 is 11.6 Å². The Bertz CT molecular complexity index is 1250. The number of anilines is 1. The van der Waals surface area contributed by atoms with Crippen LogP contribution in [0.4, 0.5) is 10.6 Å². The zero-order chi connectivity index (χ0) is 21.9. The zero-order valence-corrected chi connectivity index (χ0v) is 17.5. The van der Waals surface area contributed by atoms with Gasteiger partial charge in [0.2, 0.25) is 5.88 Å². The molecule has 0 spiro atoms. The molecule has 1 saturated heterocycles. The van der Waals surface area contributed by atoms with Gasteiger partial charge in [-0.25, -0.2) is 14.8 Å². The maximum atomic E-state index is 12.8. The topological polar surface area (TPSA) is 93.1 Å². The van der Waals surface area contributed by atoms with Crippen molar-refractivity contribution in [2.45, 2.75) is 6.04 Å². The number of amides is 2. The van der Waals surface area contributed by atoms with E-state index in [4.69, 9.17) is 16.3 Å². The molecule has 2 aromatic carbocycles. The molecule has 2 aromatic heterocycles. The second-order valence-corrected chi connectivity index (χ2v) is 7.50. The first kappa shape index (κ1) is 19.9. The maximum absolute atomic E-state index is 12.8. The van der Waals surface area contributed by atoms with Crippen LogP contribution in [0.3, 0.4) is 0 Å². The molecule has 1 atom stereocenters. The van der Waals surface area contributed by atoms with Gasteiger partial charge in [-0.2, -0.15) is 0 Å². The first-order valence-corrected chi connectivity index (χ1v) is 10.2. The monoisotopic (exact) mass is 444 g/mol. The van der Waals surface area contributed by atoms with E-state index >= 15 is 0 Å². The van der Waals surface area contributed by atoms with Gasteiger partial charge < -0.3 is 10.1 Å². The number of ether oxygens (including phenoxy) is 1. The fourth-order valence-corrected chi connectivity index (χ4v) is 3.63. The van der Waals surface area contributed by atoms with Crippen molar-refractivity contribution in [3.05, 3.63) is 90.1 Å². The molecule has 1 aliphatic rings. The van der Waals surface area contributed by atoms with Crippen LogP contribution in [0.2, 0.25) is 5.02 Å². The number of carbonyl (C=O) groups excluding carboxylic acids is 1. The van der Waals surface area contributed by atoms with Crippen molar-refractivity contribution in [3.63, 3.8) is 0 Å². The Balaban J connectivity index is 1.40. The minimum Gasteiger partial charge on any atom is -0.437 e. The standard InChI is InChI=1S/C23H17ClN6O2/c24-17-6-4-15(5-7-17)21-22(28-11-10-27-21)30-14-19(29-23(30)31)16-2-1-3-18(12-16)32-20-13-25-8-9-26-20/h1-13,19H,14H2,(H,29,31). The number of nitrogens with one attached hydrogen (secondary N) is 1. The van der Waals surface area contributed by atoms with Crippen molar-refractivity contribution in [1.29, 1.82) is 0 Å². The van der Waals surface area contributed by atoms with Crippen molar-refractivity contribution >= 4 is 23.4 Å². The van der Waals surface area contributed by atoms with Gasteiger partial charge >= 0.3 is 6.03 Å². The molecule has 0 bridgehead atoms. The molecule has 0 saturated carbocycles. The number of hydrogen-bond donors (Lipinski definition) is 1. The zero-order valence-electron chi connectivity index (χ0n) is 16.7. The third-order valence-electron chi connectivity index (χ3n) is 4.98. The highest BCUT2D eigenvalue weighted by molar-refractivity contribution is 6.30. The number of urea groups is 1. The minimum absolute atomic E-state index is 0.243. The molecule has 4 aromatic rings. The Morgan fingerprint density at radius 3 is 2.62 bits per heavy atom. The van der Waals surface area contributed by atoms with Crippen molar-refractivity contribution in [2.75, 3.05) is 11.4 Å². The number of hydrogen-bond acceptors (Lipinski definition) is 6. The van der Waals surface area contributed by atoms with Crippen molar-refractivity contribution in [2.24, 2.45) is 0 Å². The van der Waals surface area contributed by atoms with E-state index < -0.39 is 0 Å². The van der Waals surface area contributed by atoms with Crippen LogP contribution in [0.5, 0.6) is 11.6 Å². The van der Waals surface area contributed by atoms with Gasteiger partial charge in [0, 0.05) is 35.4 Å². The summed E-state index contributed by atoms with van der Waals surface area (Å²) < 4.78 is 5.77. The SMILES string of the molecule is O=C1NC(c2cccc(Oc3cnccn3)c2)CN1c1nccnc1-c1ccc(Cl)cc1. The summed E-state index contributed by atoms with van der Waals surface area (Å²) in [5, 5.41) is 3.64. The third-order valence-corrected chi connectivity index (χ3v) is 5.23. The molecule has 9 heteroatoms. The average Bonchev–Trinajstić information content (AvgIpc) is 3.22. The van der Waals surface area contributed by atoms with E-state index in [-0.39, 0.29) is 12.1 Å². The minimum atomic E-state index is -0.244. The summed E-state index contributed by atoms with van der Waals surface area (Å²) in [7, 11) is 0. The molecule has 8 nitrogen and oxygen atoms in total. The number of nitrogens with zero attached hydrogens (tertiary/aromatic N) is 5. The van der Waals surface area contributed by atoms with Crippen molar-refractivity contribution < 1.29 is 9.53 Å². The van der Waals surface area contributed by atoms with E-state index in [1.165, 1.54) is 6.20 Å². The molecule has 3 heterocycles. The van der Waals surface area contributed by atoms with Crippen LogP contribution in [-0.4, -0.2) is 32.5 Å². The summed E-state index contributed by atoms with van der Waals surface area (Å²) >= 11 is 6.01. The molecule has 0 radical (unpaired) electrons. The van der Waals surface area contributed by atoms with Gasteiger partial charge in [0.15, 0.2) is 5.82 Å². The lowest BCUT2D eigenvalue weighted by atomic mass is 10.1. The summed E-state index contributed by atoms with van der Waals surface area (Å²) in [6.45, 7) is 0.396. The van der Waals surface area contributed by atoms with E-state index in [1.54, 1.807) is 41.8 Å². The summed E-state index contributed by atoms with van der Waals surface area (Å²) in [5.41, 5.74) is 2.34. The molecular weight excluding hydrogens is 428 g/mol. The first-order chi connectivity index (χ1) is 15.7. The third kappa shape index (κ3) is 4.08. The number of benzene rings is 2. The van der Waals surface area contributed by atoms with Gasteiger partial charge in [-0.1, -0.05) is 35.9 Å². The van der Waals surface area contributed by atoms with Gasteiger partial charge in [-0.15, -0.1) is 0 Å². The molecule has 1 fully saturated rings. The molecule has 1 unspecified atom stereocenters.